The van der Waals surface area contributed by atoms with E-state index in [4.69, 9.17) is 4.74 Å². The van der Waals surface area contributed by atoms with E-state index in [9.17, 15) is 0 Å². The third-order valence-electron chi connectivity index (χ3n) is 3.45. The molecule has 17 heavy (non-hydrogen) atoms. The van der Waals surface area contributed by atoms with Crippen LogP contribution in [0, 0.1) is 0 Å². The summed E-state index contributed by atoms with van der Waals surface area (Å²) in [5, 5.41) is 3.48. The number of rotatable bonds is 1. The molecule has 3 rings (SSSR count). The Morgan fingerprint density at radius 1 is 1.41 bits per heavy atom. The molecular formula is C14H19NOS. The van der Waals surface area contributed by atoms with Gasteiger partial charge in [-0.2, -0.15) is 0 Å². The Bertz CT molecular complexity index is 424. The van der Waals surface area contributed by atoms with E-state index < -0.39 is 0 Å². The highest BCUT2D eigenvalue weighted by Gasteiger charge is 2.34. The van der Waals surface area contributed by atoms with Crippen molar-refractivity contribution in [3.05, 3.63) is 23.8 Å². The van der Waals surface area contributed by atoms with Gasteiger partial charge in [0.05, 0.1) is 4.90 Å². The Balaban J connectivity index is 1.94. The Hall–Kier alpha value is -0.670. The lowest BCUT2D eigenvalue weighted by Gasteiger charge is -2.25. The lowest BCUT2D eigenvalue weighted by atomic mass is 9.91. The van der Waals surface area contributed by atoms with E-state index in [1.807, 2.05) is 11.8 Å². The molecule has 0 aliphatic carbocycles. The van der Waals surface area contributed by atoms with Gasteiger partial charge < -0.3 is 10.1 Å². The second kappa shape index (κ2) is 4.21. The molecule has 0 spiro atoms. The van der Waals surface area contributed by atoms with Crippen LogP contribution in [0.2, 0.25) is 0 Å². The van der Waals surface area contributed by atoms with Crippen molar-refractivity contribution in [2.75, 3.05) is 13.1 Å². The summed E-state index contributed by atoms with van der Waals surface area (Å²) < 4.78 is 6.11. The van der Waals surface area contributed by atoms with Crippen molar-refractivity contribution in [2.24, 2.45) is 0 Å². The lowest BCUT2D eigenvalue weighted by molar-refractivity contribution is 0.210. The van der Waals surface area contributed by atoms with Gasteiger partial charge in [-0.15, -0.1) is 0 Å². The van der Waals surface area contributed by atoms with Crippen LogP contribution in [0.4, 0.5) is 0 Å². The number of thioether (sulfide) groups is 1. The molecule has 2 nitrogen and oxygen atoms in total. The zero-order valence-electron chi connectivity index (χ0n) is 10.5. The number of ether oxygens (including phenoxy) is 1. The highest BCUT2D eigenvalue weighted by molar-refractivity contribution is 8.00. The summed E-state index contributed by atoms with van der Waals surface area (Å²) in [5.41, 5.74) is 1.40. The molecule has 0 saturated carbocycles. The van der Waals surface area contributed by atoms with Crippen LogP contribution < -0.4 is 10.1 Å². The third kappa shape index (κ3) is 2.18. The fourth-order valence-corrected chi connectivity index (χ4v) is 3.75. The van der Waals surface area contributed by atoms with Gasteiger partial charge in [-0.3, -0.25) is 0 Å². The van der Waals surface area contributed by atoms with Crippen molar-refractivity contribution in [1.29, 1.82) is 0 Å². The molecule has 2 heterocycles. The summed E-state index contributed by atoms with van der Waals surface area (Å²) in [4.78, 5) is 1.19. The molecule has 2 aliphatic rings. The zero-order chi connectivity index (χ0) is 11.9. The van der Waals surface area contributed by atoms with Crippen molar-refractivity contribution in [1.82, 2.24) is 5.32 Å². The Kier molecular flexibility index (Phi) is 2.83. The molecule has 0 amide bonds. The van der Waals surface area contributed by atoms with Gasteiger partial charge in [0.25, 0.3) is 0 Å². The quantitative estimate of drug-likeness (QED) is 0.824. The van der Waals surface area contributed by atoms with E-state index in [-0.39, 0.29) is 4.93 Å². The van der Waals surface area contributed by atoms with Gasteiger partial charge in [0, 0.05) is 12.5 Å². The van der Waals surface area contributed by atoms with Gasteiger partial charge in [0.1, 0.15) is 5.75 Å². The lowest BCUT2D eigenvalue weighted by Crippen LogP contribution is -2.28. The largest absolute Gasteiger partial charge is 0.475 e. The smallest absolute Gasteiger partial charge is 0.153 e. The van der Waals surface area contributed by atoms with E-state index in [0.717, 1.165) is 18.8 Å². The first-order chi connectivity index (χ1) is 8.16. The van der Waals surface area contributed by atoms with Crippen LogP contribution >= 0.6 is 11.8 Å². The summed E-state index contributed by atoms with van der Waals surface area (Å²) in [6.45, 7) is 6.53. The van der Waals surface area contributed by atoms with Gasteiger partial charge in [0.15, 0.2) is 4.93 Å². The number of fused-ring (bicyclic) bond motifs is 1. The SMILES string of the molecule is CC1(C)Oc2c(cccc2C2CCCNC2)S1. The number of nitrogens with one attached hydrogen (secondary N) is 1. The molecule has 1 unspecified atom stereocenters. The normalized spacial score (nSPS) is 26.4. The summed E-state index contributed by atoms with van der Waals surface area (Å²) >= 11 is 1.83. The highest BCUT2D eigenvalue weighted by atomic mass is 32.2. The Labute approximate surface area is 107 Å². The predicted molar refractivity (Wildman–Crippen MR) is 71.9 cm³/mol. The summed E-state index contributed by atoms with van der Waals surface area (Å²) in [6.07, 6.45) is 2.54. The monoisotopic (exact) mass is 249 g/mol. The van der Waals surface area contributed by atoms with E-state index in [2.05, 4.69) is 37.4 Å². The molecule has 1 atom stereocenters. The van der Waals surface area contributed by atoms with Crippen molar-refractivity contribution < 1.29 is 4.74 Å². The van der Waals surface area contributed by atoms with Crippen LogP contribution in [-0.2, 0) is 0 Å². The standard InChI is InChI=1S/C14H19NOS/c1-14(2)16-13-11(6-3-7-12(13)17-14)10-5-4-8-15-9-10/h3,6-7,10,15H,4-5,8-9H2,1-2H3. The molecule has 1 N–H and O–H groups in total. The van der Waals surface area contributed by atoms with Crippen LogP contribution in [0.15, 0.2) is 23.1 Å². The number of benzene rings is 1. The van der Waals surface area contributed by atoms with Gasteiger partial charge >= 0.3 is 0 Å². The predicted octanol–water partition coefficient (Wildman–Crippen LogP) is 3.37. The summed E-state index contributed by atoms with van der Waals surface area (Å²) in [7, 11) is 0. The van der Waals surface area contributed by atoms with E-state index in [1.165, 1.54) is 23.3 Å². The third-order valence-corrected chi connectivity index (χ3v) is 4.57. The molecule has 0 bridgehead atoms. The van der Waals surface area contributed by atoms with Crippen LogP contribution in [0.1, 0.15) is 38.2 Å². The molecule has 1 aromatic carbocycles. The topological polar surface area (TPSA) is 21.3 Å². The number of piperidine rings is 1. The molecule has 1 aromatic rings. The van der Waals surface area contributed by atoms with Crippen LogP contribution in [0.3, 0.4) is 0 Å². The molecule has 92 valence electrons. The second-order valence-electron chi connectivity index (χ2n) is 5.32. The van der Waals surface area contributed by atoms with Crippen molar-refractivity contribution in [3.63, 3.8) is 0 Å². The van der Waals surface area contributed by atoms with Gasteiger partial charge in [-0.1, -0.05) is 23.9 Å². The first kappa shape index (κ1) is 11.4. The first-order valence-corrected chi connectivity index (χ1v) is 7.19. The average molecular weight is 249 g/mol. The molecule has 3 heteroatoms. The minimum Gasteiger partial charge on any atom is -0.475 e. The maximum atomic E-state index is 6.11. The fourth-order valence-electron chi connectivity index (χ4n) is 2.69. The van der Waals surface area contributed by atoms with Crippen LogP contribution in [0.25, 0.3) is 0 Å². The summed E-state index contributed by atoms with van der Waals surface area (Å²) in [6, 6.07) is 6.58. The average Bonchev–Trinajstić information content (AvgIpc) is 2.63. The molecule has 2 aliphatic heterocycles. The Morgan fingerprint density at radius 3 is 3.06 bits per heavy atom. The minimum absolute atomic E-state index is 0.111. The number of hydrogen-bond acceptors (Lipinski definition) is 3. The molecule has 0 radical (unpaired) electrons. The fraction of sp³-hybridized carbons (Fsp3) is 0.571. The molecule has 1 saturated heterocycles. The second-order valence-corrected chi connectivity index (χ2v) is 6.95. The van der Waals surface area contributed by atoms with E-state index >= 15 is 0 Å². The molecular weight excluding hydrogens is 230 g/mol. The van der Waals surface area contributed by atoms with Crippen LogP contribution in [0.5, 0.6) is 5.75 Å². The zero-order valence-corrected chi connectivity index (χ0v) is 11.3. The maximum absolute atomic E-state index is 6.11. The number of para-hydroxylation sites is 1. The summed E-state index contributed by atoms with van der Waals surface area (Å²) in [5.74, 6) is 1.75. The van der Waals surface area contributed by atoms with Crippen molar-refractivity contribution in [3.8, 4) is 5.75 Å². The van der Waals surface area contributed by atoms with Gasteiger partial charge in [-0.05, 0) is 44.9 Å². The highest BCUT2D eigenvalue weighted by Crippen LogP contribution is 2.50. The van der Waals surface area contributed by atoms with Crippen LogP contribution in [-0.4, -0.2) is 18.0 Å². The molecule has 1 fully saturated rings. The van der Waals surface area contributed by atoms with Gasteiger partial charge in [0.2, 0.25) is 0 Å². The van der Waals surface area contributed by atoms with Crippen molar-refractivity contribution >= 4 is 11.8 Å². The molecule has 0 aromatic heterocycles. The maximum Gasteiger partial charge on any atom is 0.153 e. The van der Waals surface area contributed by atoms with E-state index in [0.29, 0.717) is 5.92 Å². The van der Waals surface area contributed by atoms with E-state index in [1.54, 1.807) is 0 Å². The minimum atomic E-state index is -0.111. The van der Waals surface area contributed by atoms with Gasteiger partial charge in [-0.25, -0.2) is 0 Å². The Morgan fingerprint density at radius 2 is 2.29 bits per heavy atom. The van der Waals surface area contributed by atoms with Crippen molar-refractivity contribution in [2.45, 2.75) is 42.4 Å². The first-order valence-electron chi connectivity index (χ1n) is 6.37. The number of hydrogen-bond donors (Lipinski definition) is 1.